The number of aryl methyl sites for hydroxylation is 2. The van der Waals surface area contributed by atoms with Gasteiger partial charge < -0.3 is 10.2 Å². The van der Waals surface area contributed by atoms with Gasteiger partial charge in [0.25, 0.3) is 0 Å². The van der Waals surface area contributed by atoms with Crippen LogP contribution < -0.4 is 5.32 Å². The van der Waals surface area contributed by atoms with Gasteiger partial charge in [-0.05, 0) is 71.1 Å². The monoisotopic (exact) mass is 288 g/mol. The molecule has 1 atom stereocenters. The smallest absolute Gasteiger partial charge is 0.0332 e. The van der Waals surface area contributed by atoms with E-state index in [-0.39, 0.29) is 0 Å². The van der Waals surface area contributed by atoms with Crippen LogP contribution in [0.5, 0.6) is 0 Å². The summed E-state index contributed by atoms with van der Waals surface area (Å²) in [7, 11) is 2.27. The molecule has 1 aromatic rings. The summed E-state index contributed by atoms with van der Waals surface area (Å²) >= 11 is 0. The molecular weight excluding hydrogens is 256 g/mol. The maximum atomic E-state index is 3.74. The minimum absolute atomic E-state index is 0.491. The highest BCUT2D eigenvalue weighted by molar-refractivity contribution is 5.30. The number of hydrogen-bond donors (Lipinski definition) is 1. The summed E-state index contributed by atoms with van der Waals surface area (Å²) < 4.78 is 0. The number of benzene rings is 1. The molecule has 2 nitrogen and oxygen atoms in total. The van der Waals surface area contributed by atoms with Crippen molar-refractivity contribution in [2.24, 2.45) is 5.92 Å². The first-order valence-corrected chi connectivity index (χ1v) is 8.58. The zero-order valence-electron chi connectivity index (χ0n) is 14.3. The average molecular weight is 288 g/mol. The van der Waals surface area contributed by atoms with Crippen molar-refractivity contribution in [2.45, 2.75) is 52.5 Å². The highest BCUT2D eigenvalue weighted by Gasteiger charge is 2.23. The van der Waals surface area contributed by atoms with Crippen molar-refractivity contribution in [2.75, 3.05) is 26.7 Å². The maximum absolute atomic E-state index is 3.74. The molecule has 0 amide bonds. The van der Waals surface area contributed by atoms with Crippen LogP contribution in [0.4, 0.5) is 0 Å². The normalized spacial score (nSPS) is 16.4. The van der Waals surface area contributed by atoms with Crippen molar-refractivity contribution in [3.8, 4) is 0 Å². The maximum Gasteiger partial charge on any atom is 0.0332 e. The van der Waals surface area contributed by atoms with Gasteiger partial charge in [-0.1, -0.05) is 36.2 Å². The molecule has 1 fully saturated rings. The number of nitrogens with zero attached hydrogens (tertiary/aromatic N) is 1. The largest absolute Gasteiger partial charge is 0.310 e. The van der Waals surface area contributed by atoms with Gasteiger partial charge >= 0.3 is 0 Å². The van der Waals surface area contributed by atoms with E-state index < -0.39 is 0 Å². The molecule has 0 spiro atoms. The minimum atomic E-state index is 0.491. The lowest BCUT2D eigenvalue weighted by Gasteiger charge is -2.24. The Morgan fingerprint density at radius 1 is 1.19 bits per heavy atom. The van der Waals surface area contributed by atoms with Crippen LogP contribution in [0, 0.1) is 19.8 Å². The van der Waals surface area contributed by atoms with Crippen LogP contribution in [-0.2, 0) is 0 Å². The van der Waals surface area contributed by atoms with Gasteiger partial charge in [-0.2, -0.15) is 0 Å². The van der Waals surface area contributed by atoms with E-state index in [1.54, 1.807) is 0 Å². The third-order valence-corrected chi connectivity index (χ3v) is 4.35. The van der Waals surface area contributed by atoms with Gasteiger partial charge in [0.05, 0.1) is 0 Å². The predicted octanol–water partition coefficient (Wildman–Crippen LogP) is 4.08. The number of rotatable bonds is 9. The van der Waals surface area contributed by atoms with Gasteiger partial charge in [-0.15, -0.1) is 0 Å². The molecular formula is C19H32N2. The van der Waals surface area contributed by atoms with Gasteiger partial charge in [-0.3, -0.25) is 0 Å². The fourth-order valence-electron chi connectivity index (χ4n) is 3.10. The van der Waals surface area contributed by atoms with Gasteiger partial charge in [-0.25, -0.2) is 0 Å². The van der Waals surface area contributed by atoms with Crippen molar-refractivity contribution in [3.05, 3.63) is 34.9 Å². The third kappa shape index (κ3) is 5.80. The van der Waals surface area contributed by atoms with Crippen molar-refractivity contribution in [3.63, 3.8) is 0 Å². The highest BCUT2D eigenvalue weighted by Crippen LogP contribution is 2.29. The van der Waals surface area contributed by atoms with Gasteiger partial charge in [0, 0.05) is 12.6 Å². The second kappa shape index (κ2) is 7.95. The fourth-order valence-corrected chi connectivity index (χ4v) is 3.10. The molecule has 0 heterocycles. The molecule has 1 aliphatic carbocycles. The van der Waals surface area contributed by atoms with E-state index in [4.69, 9.17) is 0 Å². The molecule has 21 heavy (non-hydrogen) atoms. The van der Waals surface area contributed by atoms with Crippen LogP contribution in [0.3, 0.4) is 0 Å². The van der Waals surface area contributed by atoms with E-state index in [2.05, 4.69) is 56.2 Å². The first-order valence-electron chi connectivity index (χ1n) is 8.58. The second-order valence-electron chi connectivity index (χ2n) is 6.92. The van der Waals surface area contributed by atoms with E-state index in [0.29, 0.717) is 6.04 Å². The molecule has 0 aromatic heterocycles. The molecule has 1 aliphatic rings. The molecule has 0 bridgehead atoms. The third-order valence-electron chi connectivity index (χ3n) is 4.35. The van der Waals surface area contributed by atoms with E-state index in [9.17, 15) is 0 Å². The average Bonchev–Trinajstić information content (AvgIpc) is 3.21. The molecule has 2 heteroatoms. The van der Waals surface area contributed by atoms with Crippen molar-refractivity contribution in [1.82, 2.24) is 10.2 Å². The van der Waals surface area contributed by atoms with Gasteiger partial charge in [0.1, 0.15) is 0 Å². The summed E-state index contributed by atoms with van der Waals surface area (Å²) in [6.45, 7) is 10.2. The summed E-state index contributed by atoms with van der Waals surface area (Å²) in [5, 5.41) is 3.74. The molecule has 1 aromatic carbocycles. The van der Waals surface area contributed by atoms with Crippen molar-refractivity contribution < 1.29 is 0 Å². The molecule has 1 unspecified atom stereocenters. The molecule has 0 saturated heterocycles. The predicted molar refractivity (Wildman–Crippen MR) is 91.8 cm³/mol. The Hall–Kier alpha value is -0.860. The zero-order chi connectivity index (χ0) is 15.2. The number of hydrogen-bond acceptors (Lipinski definition) is 2. The Morgan fingerprint density at radius 2 is 1.86 bits per heavy atom. The van der Waals surface area contributed by atoms with E-state index in [1.807, 2.05) is 0 Å². The second-order valence-corrected chi connectivity index (χ2v) is 6.92. The van der Waals surface area contributed by atoms with Crippen molar-refractivity contribution >= 4 is 0 Å². The van der Waals surface area contributed by atoms with Crippen LogP contribution in [0.15, 0.2) is 18.2 Å². The van der Waals surface area contributed by atoms with Gasteiger partial charge in [0.2, 0.25) is 0 Å². The Kier molecular flexibility index (Phi) is 6.25. The lowest BCUT2D eigenvalue weighted by Crippen LogP contribution is -2.29. The first-order chi connectivity index (χ1) is 10.1. The molecule has 1 saturated carbocycles. The van der Waals surface area contributed by atoms with Crippen LogP contribution in [-0.4, -0.2) is 31.6 Å². The minimum Gasteiger partial charge on any atom is -0.310 e. The Morgan fingerprint density at radius 3 is 2.43 bits per heavy atom. The van der Waals surface area contributed by atoms with Crippen molar-refractivity contribution in [1.29, 1.82) is 0 Å². The summed E-state index contributed by atoms with van der Waals surface area (Å²) in [6, 6.07) is 7.45. The molecule has 2 rings (SSSR count). The first kappa shape index (κ1) is 16.5. The van der Waals surface area contributed by atoms with E-state index >= 15 is 0 Å². The highest BCUT2D eigenvalue weighted by atomic mass is 15.1. The summed E-state index contributed by atoms with van der Waals surface area (Å²) in [5.74, 6) is 0.985. The summed E-state index contributed by atoms with van der Waals surface area (Å²) in [4.78, 5) is 2.51. The van der Waals surface area contributed by atoms with Gasteiger partial charge in [0.15, 0.2) is 0 Å². The summed E-state index contributed by atoms with van der Waals surface area (Å²) in [6.07, 6.45) is 5.28. The van der Waals surface area contributed by atoms with Crippen LogP contribution in [0.1, 0.15) is 55.3 Å². The molecule has 0 radical (unpaired) electrons. The summed E-state index contributed by atoms with van der Waals surface area (Å²) in [5.41, 5.74) is 4.21. The molecule has 118 valence electrons. The lowest BCUT2D eigenvalue weighted by molar-refractivity contribution is 0.296. The SMILES string of the molecule is CCCNC(CCN(C)CC1CC1)c1cc(C)cc(C)c1. The number of nitrogens with one attached hydrogen (secondary N) is 1. The molecule has 0 aliphatic heterocycles. The quantitative estimate of drug-likeness (QED) is 0.736. The lowest BCUT2D eigenvalue weighted by atomic mass is 9.98. The Balaban J connectivity index is 1.95. The molecule has 1 N–H and O–H groups in total. The fraction of sp³-hybridized carbons (Fsp3) is 0.684. The zero-order valence-corrected chi connectivity index (χ0v) is 14.3. The van der Waals surface area contributed by atoms with E-state index in [0.717, 1.165) is 12.5 Å². The van der Waals surface area contributed by atoms with Crippen LogP contribution >= 0.6 is 0 Å². The topological polar surface area (TPSA) is 15.3 Å². The van der Waals surface area contributed by atoms with Crippen LogP contribution in [0.2, 0.25) is 0 Å². The Bertz CT molecular complexity index is 417. The van der Waals surface area contributed by atoms with E-state index in [1.165, 1.54) is 55.5 Å². The standard InChI is InChI=1S/C19H32N2/c1-5-9-20-19(8-10-21(4)14-17-6-7-17)18-12-15(2)11-16(3)13-18/h11-13,17,19-20H,5-10,14H2,1-4H3. The Labute approximate surface area is 130 Å². The van der Waals surface area contributed by atoms with Crippen LogP contribution in [0.25, 0.3) is 0 Å².